The van der Waals surface area contributed by atoms with Gasteiger partial charge >= 0.3 is 0 Å². The molecular weight excluding hydrogens is 320 g/mol. The van der Waals surface area contributed by atoms with Crippen LogP contribution in [0.15, 0.2) is 36.1 Å². The van der Waals surface area contributed by atoms with Gasteiger partial charge in [0.2, 0.25) is 0 Å². The van der Waals surface area contributed by atoms with Crippen LogP contribution in [0.1, 0.15) is 42.6 Å². The quantitative estimate of drug-likeness (QED) is 0.786. The molecule has 0 aromatic carbocycles. The Balaban J connectivity index is 1.61. The van der Waals surface area contributed by atoms with Crippen molar-refractivity contribution < 1.29 is 4.79 Å². The summed E-state index contributed by atoms with van der Waals surface area (Å²) in [4.78, 5) is 22.3. The van der Waals surface area contributed by atoms with Gasteiger partial charge in [0.1, 0.15) is 0 Å². The van der Waals surface area contributed by atoms with Gasteiger partial charge in [0.05, 0.1) is 5.69 Å². The van der Waals surface area contributed by atoms with E-state index in [1.807, 2.05) is 28.1 Å². The third kappa shape index (κ3) is 2.94. The lowest BCUT2D eigenvalue weighted by molar-refractivity contribution is 0.0940. The normalized spacial score (nSPS) is 15.7. The lowest BCUT2D eigenvalue weighted by Gasteiger charge is -2.21. The number of carbonyl (C=O) groups is 1. The number of imidazole rings is 1. The minimum Gasteiger partial charge on any atom is -0.350 e. The van der Waals surface area contributed by atoms with Crippen LogP contribution in [0.3, 0.4) is 0 Å². The highest BCUT2D eigenvalue weighted by Crippen LogP contribution is 2.27. The summed E-state index contributed by atoms with van der Waals surface area (Å²) in [7, 11) is 0. The summed E-state index contributed by atoms with van der Waals surface area (Å²) in [5.41, 5.74) is 2.22. The number of fused-ring (bicyclic) bond motifs is 1. The molecule has 1 aliphatic rings. The summed E-state index contributed by atoms with van der Waals surface area (Å²) in [6, 6.07) is 3.84. The summed E-state index contributed by atoms with van der Waals surface area (Å²) in [5, 5.41) is 5.08. The van der Waals surface area contributed by atoms with Crippen molar-refractivity contribution in [3.63, 3.8) is 0 Å². The minimum absolute atomic E-state index is 0.0877. The van der Waals surface area contributed by atoms with E-state index in [1.54, 1.807) is 12.4 Å². The molecule has 3 aromatic rings. The highest BCUT2D eigenvalue weighted by atomic mass is 32.1. The largest absolute Gasteiger partial charge is 0.350 e. The van der Waals surface area contributed by atoms with Crippen molar-refractivity contribution in [2.75, 3.05) is 6.54 Å². The van der Waals surface area contributed by atoms with Crippen LogP contribution in [0.2, 0.25) is 0 Å². The Morgan fingerprint density at radius 3 is 3.00 bits per heavy atom. The lowest BCUT2D eigenvalue weighted by atomic mass is 9.89. The van der Waals surface area contributed by atoms with Gasteiger partial charge in [0, 0.05) is 36.1 Å². The molecule has 3 aromatic heterocycles. The van der Waals surface area contributed by atoms with Gasteiger partial charge in [0.25, 0.3) is 5.91 Å². The fourth-order valence-electron chi connectivity index (χ4n) is 3.43. The average Bonchev–Trinajstić information content (AvgIpc) is 3.22. The molecule has 1 aliphatic carbocycles. The Labute approximate surface area is 144 Å². The van der Waals surface area contributed by atoms with Gasteiger partial charge in [0.15, 0.2) is 10.7 Å². The molecule has 0 bridgehead atoms. The van der Waals surface area contributed by atoms with Crippen LogP contribution in [0, 0.1) is 5.92 Å². The van der Waals surface area contributed by atoms with E-state index in [2.05, 4.69) is 15.3 Å². The highest BCUT2D eigenvalue weighted by molar-refractivity contribution is 7.15. The summed E-state index contributed by atoms with van der Waals surface area (Å²) < 4.78 is 1.97. The molecule has 0 radical (unpaired) electrons. The van der Waals surface area contributed by atoms with Gasteiger partial charge in [-0.05, 0) is 30.9 Å². The molecule has 6 heteroatoms. The Hall–Kier alpha value is -2.21. The van der Waals surface area contributed by atoms with E-state index in [0.717, 1.165) is 22.8 Å². The monoisotopic (exact) mass is 340 g/mol. The van der Waals surface area contributed by atoms with Crippen molar-refractivity contribution in [2.45, 2.75) is 32.1 Å². The molecule has 0 spiro atoms. The predicted molar refractivity (Wildman–Crippen MR) is 95.2 cm³/mol. The zero-order valence-electron chi connectivity index (χ0n) is 13.4. The van der Waals surface area contributed by atoms with Gasteiger partial charge < -0.3 is 5.32 Å². The first-order valence-corrected chi connectivity index (χ1v) is 9.35. The smallest absolute Gasteiger partial charge is 0.272 e. The van der Waals surface area contributed by atoms with Crippen LogP contribution < -0.4 is 5.32 Å². The van der Waals surface area contributed by atoms with Gasteiger partial charge in [-0.2, -0.15) is 0 Å². The maximum atomic E-state index is 12.7. The number of hydrogen-bond donors (Lipinski definition) is 1. The van der Waals surface area contributed by atoms with Crippen LogP contribution in [0.25, 0.3) is 16.2 Å². The number of pyridine rings is 1. The van der Waals surface area contributed by atoms with E-state index >= 15 is 0 Å². The van der Waals surface area contributed by atoms with E-state index in [4.69, 9.17) is 0 Å². The molecule has 24 heavy (non-hydrogen) atoms. The van der Waals surface area contributed by atoms with Crippen LogP contribution in [-0.4, -0.2) is 26.8 Å². The molecule has 3 heterocycles. The number of thiazole rings is 1. The van der Waals surface area contributed by atoms with Crippen molar-refractivity contribution in [1.82, 2.24) is 19.7 Å². The van der Waals surface area contributed by atoms with Crippen molar-refractivity contribution >= 4 is 22.2 Å². The first-order chi connectivity index (χ1) is 11.8. The van der Waals surface area contributed by atoms with Crippen molar-refractivity contribution in [2.24, 2.45) is 5.92 Å². The van der Waals surface area contributed by atoms with Crippen LogP contribution in [-0.2, 0) is 0 Å². The molecule has 1 fully saturated rings. The summed E-state index contributed by atoms with van der Waals surface area (Å²) >= 11 is 1.53. The molecule has 1 N–H and O–H groups in total. The van der Waals surface area contributed by atoms with Crippen LogP contribution in [0.4, 0.5) is 0 Å². The number of carbonyl (C=O) groups excluding carboxylic acids is 1. The molecule has 124 valence electrons. The summed E-state index contributed by atoms with van der Waals surface area (Å²) in [5.74, 6) is 0.517. The number of nitrogens with zero attached hydrogens (tertiary/aromatic N) is 3. The fraction of sp³-hybridized carbons (Fsp3) is 0.389. The average molecular weight is 340 g/mol. The zero-order valence-corrected chi connectivity index (χ0v) is 14.3. The molecule has 0 aliphatic heterocycles. The van der Waals surface area contributed by atoms with Crippen molar-refractivity contribution in [3.05, 3.63) is 41.8 Å². The Kier molecular flexibility index (Phi) is 4.30. The molecular formula is C18H20N4OS. The molecule has 5 nitrogen and oxygen atoms in total. The van der Waals surface area contributed by atoms with Gasteiger partial charge in [-0.15, -0.1) is 11.3 Å². The second-order valence-corrected chi connectivity index (χ2v) is 7.19. The maximum Gasteiger partial charge on any atom is 0.272 e. The Morgan fingerprint density at radius 1 is 1.33 bits per heavy atom. The number of amides is 1. The predicted octanol–water partition coefficient (Wildman–Crippen LogP) is 3.77. The standard InChI is InChI=1S/C18H20N4OS/c23-17(20-11-13-5-2-1-3-6-13)15-16(14-7-4-8-19-12-14)22-9-10-24-18(22)21-15/h4,7-10,12-13H,1-3,5-6,11H2,(H,20,23). The third-order valence-electron chi connectivity index (χ3n) is 4.69. The molecule has 1 amide bonds. The minimum atomic E-state index is -0.0877. The SMILES string of the molecule is O=C(NCC1CCCCC1)c1nc2sccn2c1-c1cccnc1. The molecule has 0 atom stereocenters. The number of nitrogens with one attached hydrogen (secondary N) is 1. The maximum absolute atomic E-state index is 12.7. The topological polar surface area (TPSA) is 59.3 Å². The number of hydrogen-bond acceptors (Lipinski definition) is 4. The van der Waals surface area contributed by atoms with Gasteiger partial charge in [-0.1, -0.05) is 19.3 Å². The highest BCUT2D eigenvalue weighted by Gasteiger charge is 2.22. The zero-order chi connectivity index (χ0) is 16.4. The van der Waals surface area contributed by atoms with E-state index in [1.165, 1.54) is 43.4 Å². The Morgan fingerprint density at radius 2 is 2.21 bits per heavy atom. The molecule has 0 saturated heterocycles. The number of rotatable bonds is 4. The third-order valence-corrected chi connectivity index (χ3v) is 5.44. The van der Waals surface area contributed by atoms with Crippen LogP contribution >= 0.6 is 11.3 Å². The number of aromatic nitrogens is 3. The summed E-state index contributed by atoms with van der Waals surface area (Å²) in [6.45, 7) is 0.747. The van der Waals surface area contributed by atoms with Gasteiger partial charge in [-0.25, -0.2) is 4.98 Å². The fourth-order valence-corrected chi connectivity index (χ4v) is 4.15. The molecule has 0 unspecified atom stereocenters. The second-order valence-electron chi connectivity index (χ2n) is 6.32. The van der Waals surface area contributed by atoms with Crippen molar-refractivity contribution in [3.8, 4) is 11.3 Å². The van der Waals surface area contributed by atoms with E-state index < -0.39 is 0 Å². The van der Waals surface area contributed by atoms with E-state index in [-0.39, 0.29) is 5.91 Å². The van der Waals surface area contributed by atoms with E-state index in [9.17, 15) is 4.79 Å². The van der Waals surface area contributed by atoms with Crippen molar-refractivity contribution in [1.29, 1.82) is 0 Å². The first kappa shape index (κ1) is 15.3. The lowest BCUT2D eigenvalue weighted by Crippen LogP contribution is -2.30. The Bertz CT molecular complexity index is 833. The first-order valence-electron chi connectivity index (χ1n) is 8.47. The van der Waals surface area contributed by atoms with Crippen LogP contribution in [0.5, 0.6) is 0 Å². The summed E-state index contributed by atoms with van der Waals surface area (Å²) in [6.07, 6.45) is 11.8. The molecule has 1 saturated carbocycles. The molecule has 4 rings (SSSR count). The van der Waals surface area contributed by atoms with Gasteiger partial charge in [-0.3, -0.25) is 14.2 Å². The second kappa shape index (κ2) is 6.73. The van der Waals surface area contributed by atoms with E-state index in [0.29, 0.717) is 11.6 Å².